The number of aryl methyl sites for hydroxylation is 1. The Balaban J connectivity index is 1.82. The minimum absolute atomic E-state index is 0.119. The zero-order valence-corrected chi connectivity index (χ0v) is 13.8. The fourth-order valence-corrected chi connectivity index (χ4v) is 5.12. The lowest BCUT2D eigenvalue weighted by Gasteiger charge is -2.25. The van der Waals surface area contributed by atoms with Crippen molar-refractivity contribution in [2.45, 2.75) is 77.2 Å². The Morgan fingerprint density at radius 2 is 1.90 bits per heavy atom. The molecule has 0 spiro atoms. The number of nitrogens with zero attached hydrogens (tertiary/aromatic N) is 1. The van der Waals surface area contributed by atoms with Gasteiger partial charge in [0.05, 0.1) is 11.2 Å². The first-order chi connectivity index (χ1) is 9.58. The Hall–Kier alpha value is -0.410. The van der Waals surface area contributed by atoms with Gasteiger partial charge in [-0.25, -0.2) is 4.98 Å². The van der Waals surface area contributed by atoms with Gasteiger partial charge in [0.1, 0.15) is 5.01 Å². The minimum atomic E-state index is -0.119. The monoisotopic (exact) mass is 292 g/mol. The molecule has 0 amide bonds. The molecular formula is C17H28N2S. The van der Waals surface area contributed by atoms with Crippen LogP contribution in [-0.2, 0) is 18.4 Å². The van der Waals surface area contributed by atoms with Crippen LogP contribution in [-0.4, -0.2) is 4.98 Å². The third-order valence-corrected chi connectivity index (χ3v) is 6.68. The van der Waals surface area contributed by atoms with Crippen molar-refractivity contribution in [1.82, 2.24) is 4.98 Å². The molecule has 3 heteroatoms. The van der Waals surface area contributed by atoms with E-state index in [4.69, 9.17) is 10.7 Å². The maximum atomic E-state index is 6.73. The van der Waals surface area contributed by atoms with E-state index in [9.17, 15) is 0 Å². The number of hydrogen-bond donors (Lipinski definition) is 1. The van der Waals surface area contributed by atoms with Crippen LogP contribution < -0.4 is 5.73 Å². The predicted octanol–water partition coefficient (Wildman–Crippen LogP) is 4.41. The second-order valence-corrected chi connectivity index (χ2v) is 8.29. The van der Waals surface area contributed by atoms with Gasteiger partial charge in [0.2, 0.25) is 0 Å². The largest absolute Gasteiger partial charge is 0.319 e. The van der Waals surface area contributed by atoms with Crippen LogP contribution in [0.5, 0.6) is 0 Å². The Kier molecular flexibility index (Phi) is 4.19. The highest BCUT2D eigenvalue weighted by atomic mass is 32.1. The minimum Gasteiger partial charge on any atom is -0.319 e. The summed E-state index contributed by atoms with van der Waals surface area (Å²) in [5.74, 6) is 1.64. The highest BCUT2D eigenvalue weighted by Gasteiger charge is 2.34. The van der Waals surface area contributed by atoms with Crippen molar-refractivity contribution in [2.75, 3.05) is 0 Å². The SMILES string of the molecule is CC(C)C1CCc2nc(C3(N)CCCCCC3)sc2C1. The van der Waals surface area contributed by atoms with Gasteiger partial charge in [0, 0.05) is 4.88 Å². The van der Waals surface area contributed by atoms with E-state index in [2.05, 4.69) is 13.8 Å². The van der Waals surface area contributed by atoms with Crippen molar-refractivity contribution in [3.05, 3.63) is 15.6 Å². The van der Waals surface area contributed by atoms with Crippen LogP contribution in [0, 0.1) is 11.8 Å². The summed E-state index contributed by atoms with van der Waals surface area (Å²) in [6, 6.07) is 0. The van der Waals surface area contributed by atoms with Gasteiger partial charge < -0.3 is 5.73 Å². The molecule has 2 aliphatic carbocycles. The van der Waals surface area contributed by atoms with Crippen molar-refractivity contribution in [2.24, 2.45) is 17.6 Å². The Labute approximate surface area is 127 Å². The first-order valence-corrected chi connectivity index (χ1v) is 9.18. The molecule has 3 rings (SSSR count). The fraction of sp³-hybridized carbons (Fsp3) is 0.824. The van der Waals surface area contributed by atoms with Crippen LogP contribution in [0.25, 0.3) is 0 Å². The van der Waals surface area contributed by atoms with Gasteiger partial charge >= 0.3 is 0 Å². The molecule has 1 atom stereocenters. The maximum Gasteiger partial charge on any atom is 0.113 e. The zero-order valence-electron chi connectivity index (χ0n) is 13.0. The number of thiazole rings is 1. The van der Waals surface area contributed by atoms with Crippen LogP contribution in [0.2, 0.25) is 0 Å². The average molecular weight is 292 g/mol. The van der Waals surface area contributed by atoms with Gasteiger partial charge in [-0.3, -0.25) is 0 Å². The molecule has 0 bridgehead atoms. The van der Waals surface area contributed by atoms with Gasteiger partial charge in [-0.05, 0) is 43.9 Å². The third-order valence-electron chi connectivity index (χ3n) is 5.34. The van der Waals surface area contributed by atoms with Crippen molar-refractivity contribution < 1.29 is 0 Å². The number of nitrogens with two attached hydrogens (primary N) is 1. The van der Waals surface area contributed by atoms with E-state index < -0.39 is 0 Å². The lowest BCUT2D eigenvalue weighted by Crippen LogP contribution is -2.35. The number of fused-ring (bicyclic) bond motifs is 1. The van der Waals surface area contributed by atoms with E-state index in [1.807, 2.05) is 11.3 Å². The van der Waals surface area contributed by atoms with E-state index in [1.165, 1.54) is 55.6 Å². The molecule has 1 aromatic rings. The van der Waals surface area contributed by atoms with Crippen molar-refractivity contribution in [3.8, 4) is 0 Å². The summed E-state index contributed by atoms with van der Waals surface area (Å²) in [5.41, 5.74) is 7.99. The van der Waals surface area contributed by atoms with Crippen LogP contribution >= 0.6 is 11.3 Å². The summed E-state index contributed by atoms with van der Waals surface area (Å²) in [4.78, 5) is 6.52. The lowest BCUT2D eigenvalue weighted by molar-refractivity contribution is 0.343. The summed E-state index contributed by atoms with van der Waals surface area (Å²) in [7, 11) is 0. The van der Waals surface area contributed by atoms with Gasteiger partial charge in [0.25, 0.3) is 0 Å². The second-order valence-electron chi connectivity index (χ2n) is 7.21. The smallest absolute Gasteiger partial charge is 0.113 e. The topological polar surface area (TPSA) is 38.9 Å². The van der Waals surface area contributed by atoms with E-state index in [0.29, 0.717) is 0 Å². The molecule has 0 saturated heterocycles. The summed E-state index contributed by atoms with van der Waals surface area (Å²) in [5, 5.41) is 1.24. The molecule has 2 N–H and O–H groups in total. The Bertz CT molecular complexity index is 456. The molecule has 1 aromatic heterocycles. The highest BCUT2D eigenvalue weighted by molar-refractivity contribution is 7.11. The standard InChI is InChI=1S/C17H28N2S/c1-12(2)13-7-8-14-15(11-13)20-16(19-14)17(18)9-5-3-4-6-10-17/h12-13H,3-11,18H2,1-2H3. The molecule has 0 radical (unpaired) electrons. The van der Waals surface area contributed by atoms with Gasteiger partial charge in [0.15, 0.2) is 0 Å². The summed E-state index contributed by atoms with van der Waals surface area (Å²) in [6.07, 6.45) is 11.2. The molecule has 0 aromatic carbocycles. The highest BCUT2D eigenvalue weighted by Crippen LogP contribution is 2.40. The van der Waals surface area contributed by atoms with E-state index in [-0.39, 0.29) is 5.54 Å². The van der Waals surface area contributed by atoms with E-state index in [1.54, 1.807) is 4.88 Å². The molecule has 20 heavy (non-hydrogen) atoms. The molecule has 112 valence electrons. The molecule has 2 aliphatic rings. The average Bonchev–Trinajstić information content (AvgIpc) is 2.74. The van der Waals surface area contributed by atoms with Crippen LogP contribution in [0.15, 0.2) is 0 Å². The van der Waals surface area contributed by atoms with Crippen LogP contribution in [0.3, 0.4) is 0 Å². The summed E-state index contributed by atoms with van der Waals surface area (Å²) < 4.78 is 0. The Morgan fingerprint density at radius 1 is 1.20 bits per heavy atom. The fourth-order valence-electron chi connectivity index (χ4n) is 3.76. The lowest BCUT2D eigenvalue weighted by atomic mass is 9.83. The summed E-state index contributed by atoms with van der Waals surface area (Å²) in [6.45, 7) is 4.71. The van der Waals surface area contributed by atoms with E-state index >= 15 is 0 Å². The van der Waals surface area contributed by atoms with Gasteiger partial charge in [-0.2, -0.15) is 0 Å². The van der Waals surface area contributed by atoms with Crippen LogP contribution in [0.1, 0.15) is 74.4 Å². The molecule has 2 nitrogen and oxygen atoms in total. The number of aromatic nitrogens is 1. The number of rotatable bonds is 2. The quantitative estimate of drug-likeness (QED) is 0.820. The number of hydrogen-bond acceptors (Lipinski definition) is 3. The summed E-state index contributed by atoms with van der Waals surface area (Å²) >= 11 is 1.93. The zero-order chi connectivity index (χ0) is 14.2. The van der Waals surface area contributed by atoms with Crippen molar-refractivity contribution in [1.29, 1.82) is 0 Å². The van der Waals surface area contributed by atoms with Crippen molar-refractivity contribution >= 4 is 11.3 Å². The molecule has 1 heterocycles. The van der Waals surface area contributed by atoms with Crippen molar-refractivity contribution in [3.63, 3.8) is 0 Å². The molecule has 1 saturated carbocycles. The molecule has 1 unspecified atom stereocenters. The second kappa shape index (κ2) is 5.76. The van der Waals surface area contributed by atoms with Gasteiger partial charge in [-0.15, -0.1) is 11.3 Å². The molecule has 0 aliphatic heterocycles. The third kappa shape index (κ3) is 2.80. The van der Waals surface area contributed by atoms with Crippen LogP contribution in [0.4, 0.5) is 0 Å². The molecular weight excluding hydrogens is 264 g/mol. The van der Waals surface area contributed by atoms with Gasteiger partial charge in [-0.1, -0.05) is 39.5 Å². The first-order valence-electron chi connectivity index (χ1n) is 8.36. The normalized spacial score (nSPS) is 26.3. The predicted molar refractivity (Wildman–Crippen MR) is 86.0 cm³/mol. The molecule has 1 fully saturated rings. The maximum absolute atomic E-state index is 6.73. The first kappa shape index (κ1) is 14.5. The van der Waals surface area contributed by atoms with E-state index in [0.717, 1.165) is 24.7 Å². The Morgan fingerprint density at radius 3 is 2.55 bits per heavy atom.